The molecule has 0 spiro atoms. The lowest BCUT2D eigenvalue weighted by Gasteiger charge is -2.10. The van der Waals surface area contributed by atoms with Crippen LogP contribution in [0.4, 0.5) is 0 Å². The molecule has 4 heterocycles. The van der Waals surface area contributed by atoms with Crippen LogP contribution >= 0.6 is 8.73 Å². The third-order valence-corrected chi connectivity index (χ3v) is 9.83. The van der Waals surface area contributed by atoms with Gasteiger partial charge in [0.05, 0.1) is 34.5 Å². The van der Waals surface area contributed by atoms with Crippen molar-refractivity contribution in [1.82, 2.24) is 23.9 Å². The highest BCUT2D eigenvalue weighted by atomic mass is 31.1. The Bertz CT molecular complexity index is 2540. The average Bonchev–Trinajstić information content (AvgIpc) is 3.77. The zero-order valence-electron chi connectivity index (χ0n) is 24.8. The Morgan fingerprint density at radius 3 is 1.37 bits per heavy atom. The Morgan fingerprint density at radius 2 is 0.848 bits per heavy atom. The fourth-order valence-electron chi connectivity index (χ4n) is 6.64. The maximum Gasteiger partial charge on any atom is 0.156 e. The molecule has 0 amide bonds. The van der Waals surface area contributed by atoms with Gasteiger partial charge in [-0.25, -0.2) is 4.98 Å². The van der Waals surface area contributed by atoms with Crippen LogP contribution in [0.5, 0.6) is 0 Å². The second-order valence-electron chi connectivity index (χ2n) is 11.3. The quantitative estimate of drug-likeness (QED) is 0.203. The summed E-state index contributed by atoms with van der Waals surface area (Å²) < 4.78 is 4.59. The fraction of sp³-hybridized carbons (Fsp3) is 0. The molecule has 0 aliphatic rings. The average molecular weight is 610 g/mol. The summed E-state index contributed by atoms with van der Waals surface area (Å²) in [6.45, 7) is 0. The highest BCUT2D eigenvalue weighted by molar-refractivity contribution is 7.45. The van der Waals surface area contributed by atoms with Crippen LogP contribution in [0.3, 0.4) is 0 Å². The summed E-state index contributed by atoms with van der Waals surface area (Å²) in [5.74, 6) is 0.846. The molecule has 10 rings (SSSR count). The number of H-pyrrole nitrogens is 1. The molecule has 5 nitrogen and oxygen atoms in total. The van der Waals surface area contributed by atoms with E-state index in [1.54, 1.807) is 0 Å². The summed E-state index contributed by atoms with van der Waals surface area (Å²) in [5, 5.41) is 7.60. The van der Waals surface area contributed by atoms with E-state index in [1.165, 1.54) is 54.4 Å². The van der Waals surface area contributed by atoms with Gasteiger partial charge in [-0.15, -0.1) is 0 Å². The maximum atomic E-state index is 5.10. The number of nitrogens with zero attached hydrogens (tertiary/aromatic N) is 4. The number of fused-ring (bicyclic) bond motifs is 9. The van der Waals surface area contributed by atoms with Crippen LogP contribution in [0.25, 0.3) is 71.2 Å². The molecule has 10 aromatic rings. The molecule has 0 saturated heterocycles. The van der Waals surface area contributed by atoms with Crippen molar-refractivity contribution in [3.05, 3.63) is 158 Å². The lowest BCUT2D eigenvalue weighted by atomic mass is 10.2. The van der Waals surface area contributed by atoms with E-state index in [9.17, 15) is 0 Å². The molecule has 6 aromatic carbocycles. The van der Waals surface area contributed by atoms with Gasteiger partial charge >= 0.3 is 0 Å². The normalized spacial score (nSPS) is 11.8. The number of rotatable bonds is 3. The van der Waals surface area contributed by atoms with Crippen molar-refractivity contribution in [3.8, 4) is 5.82 Å². The van der Waals surface area contributed by atoms with Crippen LogP contribution < -0.4 is 5.44 Å². The Hall–Kier alpha value is -5.77. The summed E-state index contributed by atoms with van der Waals surface area (Å²) >= 11 is 0. The third kappa shape index (κ3) is 4.36. The van der Waals surface area contributed by atoms with E-state index in [1.807, 2.05) is 12.4 Å². The van der Waals surface area contributed by atoms with Gasteiger partial charge in [-0.3, -0.25) is 9.55 Å². The molecule has 218 valence electrons. The van der Waals surface area contributed by atoms with E-state index in [0.717, 1.165) is 22.3 Å². The Labute approximate surface area is 266 Å². The zero-order valence-corrected chi connectivity index (χ0v) is 25.8. The monoisotopic (exact) mass is 609 g/mol. The molecule has 0 bridgehead atoms. The molecule has 1 unspecified atom stereocenters. The van der Waals surface area contributed by atoms with Crippen molar-refractivity contribution in [2.45, 2.75) is 0 Å². The van der Waals surface area contributed by atoms with Gasteiger partial charge in [0.1, 0.15) is 5.44 Å². The molecular weight excluding hydrogens is 581 g/mol. The predicted octanol–water partition coefficient (Wildman–Crippen LogP) is 9.77. The van der Waals surface area contributed by atoms with Crippen LogP contribution in [0.15, 0.2) is 158 Å². The maximum absolute atomic E-state index is 5.10. The number of benzene rings is 6. The van der Waals surface area contributed by atoms with Crippen LogP contribution in [-0.2, 0) is 0 Å². The lowest BCUT2D eigenvalue weighted by molar-refractivity contribution is 1.06. The fourth-order valence-corrected chi connectivity index (χ4v) is 7.80. The van der Waals surface area contributed by atoms with Crippen molar-refractivity contribution >= 4 is 79.6 Å². The van der Waals surface area contributed by atoms with Gasteiger partial charge < -0.3 is 9.32 Å². The summed E-state index contributed by atoms with van der Waals surface area (Å²) in [4.78, 5) is 13.1. The van der Waals surface area contributed by atoms with Crippen LogP contribution in [-0.4, -0.2) is 23.9 Å². The minimum absolute atomic E-state index is 0.343. The third-order valence-electron chi connectivity index (χ3n) is 8.65. The number of aromatic amines is 1. The van der Waals surface area contributed by atoms with Gasteiger partial charge in [0, 0.05) is 52.1 Å². The first-order chi connectivity index (χ1) is 22.8. The molecule has 0 fully saturated rings. The Kier molecular flexibility index (Phi) is 6.36. The number of nitrogens with one attached hydrogen (secondary N) is 1. The Morgan fingerprint density at radius 1 is 0.435 bits per heavy atom. The summed E-state index contributed by atoms with van der Waals surface area (Å²) in [5.41, 5.74) is 8.12. The van der Waals surface area contributed by atoms with E-state index in [0.29, 0.717) is 8.73 Å². The molecule has 46 heavy (non-hydrogen) atoms. The molecule has 4 aromatic heterocycles. The molecule has 6 heteroatoms. The first-order valence-electron chi connectivity index (χ1n) is 15.3. The van der Waals surface area contributed by atoms with Crippen LogP contribution in [0.1, 0.15) is 0 Å². The molecular formula is C40H28N5P. The van der Waals surface area contributed by atoms with E-state index in [-0.39, 0.29) is 0 Å². The lowest BCUT2D eigenvalue weighted by Crippen LogP contribution is -2.10. The number of para-hydroxylation sites is 6. The van der Waals surface area contributed by atoms with Gasteiger partial charge in [-0.05, 0) is 36.4 Å². The molecule has 0 aliphatic carbocycles. The SMILES string of the molecule is c1ccc2c(c1)[nH]c1ccccc12.c1ccc2c(c1)c1ccccc1n2Pc1cncc(-n2c3ccccc3c3ccccc32)n1. The first kappa shape index (κ1) is 26.6. The van der Waals surface area contributed by atoms with Gasteiger partial charge in [0.25, 0.3) is 0 Å². The van der Waals surface area contributed by atoms with Crippen LogP contribution in [0.2, 0.25) is 0 Å². The summed E-state index contributed by atoms with van der Waals surface area (Å²) in [7, 11) is 0.343. The van der Waals surface area contributed by atoms with Gasteiger partial charge in [-0.2, -0.15) is 0 Å². The van der Waals surface area contributed by atoms with Crippen molar-refractivity contribution < 1.29 is 0 Å². The highest BCUT2D eigenvalue weighted by Gasteiger charge is 2.15. The van der Waals surface area contributed by atoms with E-state index >= 15 is 0 Å². The predicted molar refractivity (Wildman–Crippen MR) is 195 cm³/mol. The molecule has 0 aliphatic heterocycles. The summed E-state index contributed by atoms with van der Waals surface area (Å²) in [6.07, 6.45) is 3.75. The first-order valence-corrected chi connectivity index (χ1v) is 16.3. The number of aromatic nitrogens is 5. The molecule has 0 radical (unpaired) electrons. The topological polar surface area (TPSA) is 51.4 Å². The molecule has 0 saturated carbocycles. The van der Waals surface area contributed by atoms with Gasteiger partial charge in [0.2, 0.25) is 0 Å². The highest BCUT2D eigenvalue weighted by Crippen LogP contribution is 2.35. The van der Waals surface area contributed by atoms with Gasteiger partial charge in [0.15, 0.2) is 5.82 Å². The van der Waals surface area contributed by atoms with Crippen molar-refractivity contribution in [2.75, 3.05) is 0 Å². The number of hydrogen-bond donors (Lipinski definition) is 1. The van der Waals surface area contributed by atoms with E-state index in [2.05, 4.69) is 164 Å². The second kappa shape index (κ2) is 11.0. The smallest absolute Gasteiger partial charge is 0.156 e. The standard InChI is InChI=1S/C28H19N4P.C12H9N/c1-5-13-23-19(9-1)20-10-2-6-14-24(20)31(23)27-17-29-18-28(30-27)33-32-25-15-7-3-11-21(25)22-12-4-8-16-26(22)32;1-3-7-11-9(5-1)10-6-2-4-8-12(10)13-11/h1-18,33H;1-8,13H. The molecule has 1 N–H and O–H groups in total. The number of hydrogen-bond acceptors (Lipinski definition) is 2. The van der Waals surface area contributed by atoms with Crippen molar-refractivity contribution in [1.29, 1.82) is 0 Å². The second-order valence-corrected chi connectivity index (χ2v) is 12.5. The minimum atomic E-state index is 0.343. The zero-order chi connectivity index (χ0) is 30.5. The van der Waals surface area contributed by atoms with E-state index in [4.69, 9.17) is 4.98 Å². The van der Waals surface area contributed by atoms with Crippen LogP contribution in [0, 0.1) is 0 Å². The minimum Gasteiger partial charge on any atom is -0.355 e. The van der Waals surface area contributed by atoms with E-state index < -0.39 is 0 Å². The van der Waals surface area contributed by atoms with Crippen molar-refractivity contribution in [2.24, 2.45) is 0 Å². The van der Waals surface area contributed by atoms with Crippen molar-refractivity contribution in [3.63, 3.8) is 0 Å². The van der Waals surface area contributed by atoms with Gasteiger partial charge in [-0.1, -0.05) is 109 Å². The Balaban J connectivity index is 0.000000187. The largest absolute Gasteiger partial charge is 0.355 e. The molecule has 1 atom stereocenters. The summed E-state index contributed by atoms with van der Waals surface area (Å²) in [6, 6.07) is 50.9.